The Hall–Kier alpha value is -1.96. The number of aromatic nitrogens is 2. The molecule has 5 nitrogen and oxygen atoms in total. The van der Waals surface area contributed by atoms with Gasteiger partial charge in [-0.15, -0.1) is 0 Å². The molecule has 1 N–H and O–H groups in total. The van der Waals surface area contributed by atoms with E-state index in [0.717, 1.165) is 5.69 Å². The monoisotopic (exact) mass is 202 g/mol. The van der Waals surface area contributed by atoms with Gasteiger partial charge in [-0.2, -0.15) is 5.26 Å². The molecular weight excluding hydrogens is 192 g/mol. The van der Waals surface area contributed by atoms with Gasteiger partial charge in [0.15, 0.2) is 0 Å². The molecule has 1 aliphatic carbocycles. The average molecular weight is 202 g/mol. The standard InChI is InChI=1S/C10H10N4O/c11-6-10(2-3-10)9(15)13-5-8-1-4-12-7-14-8/h1,4,7H,2-3,5H2,(H,13,15). The number of hydrogen-bond donors (Lipinski definition) is 1. The summed E-state index contributed by atoms with van der Waals surface area (Å²) >= 11 is 0. The van der Waals surface area contributed by atoms with Crippen LogP contribution in [0, 0.1) is 16.7 Å². The Morgan fingerprint density at radius 1 is 1.67 bits per heavy atom. The molecule has 0 unspecified atom stereocenters. The zero-order chi connectivity index (χ0) is 10.7. The van der Waals surface area contributed by atoms with Crippen LogP contribution in [0.3, 0.4) is 0 Å². The summed E-state index contributed by atoms with van der Waals surface area (Å²) < 4.78 is 0. The third-order valence-corrected chi connectivity index (χ3v) is 2.47. The van der Waals surface area contributed by atoms with E-state index in [2.05, 4.69) is 15.3 Å². The number of amides is 1. The molecule has 1 aliphatic rings. The van der Waals surface area contributed by atoms with Gasteiger partial charge >= 0.3 is 0 Å². The van der Waals surface area contributed by atoms with Crippen molar-refractivity contribution in [1.29, 1.82) is 5.26 Å². The minimum absolute atomic E-state index is 0.191. The first-order valence-corrected chi connectivity index (χ1v) is 4.71. The van der Waals surface area contributed by atoms with Crippen LogP contribution in [0.25, 0.3) is 0 Å². The van der Waals surface area contributed by atoms with Gasteiger partial charge in [-0.05, 0) is 18.9 Å². The second kappa shape index (κ2) is 3.65. The van der Waals surface area contributed by atoms with Crippen molar-refractivity contribution in [2.45, 2.75) is 19.4 Å². The number of hydrogen-bond acceptors (Lipinski definition) is 4. The third kappa shape index (κ3) is 1.94. The number of nitrogens with zero attached hydrogens (tertiary/aromatic N) is 3. The highest BCUT2D eigenvalue weighted by molar-refractivity contribution is 5.88. The Kier molecular flexibility index (Phi) is 2.34. The minimum atomic E-state index is -0.757. The molecule has 2 rings (SSSR count). The highest BCUT2D eigenvalue weighted by Gasteiger charge is 2.50. The van der Waals surface area contributed by atoms with Crippen LogP contribution in [0.15, 0.2) is 18.6 Å². The Bertz CT molecular complexity index is 405. The van der Waals surface area contributed by atoms with Crippen molar-refractivity contribution >= 4 is 5.91 Å². The first-order valence-electron chi connectivity index (χ1n) is 4.71. The van der Waals surface area contributed by atoms with Crippen molar-refractivity contribution in [2.24, 2.45) is 5.41 Å². The van der Waals surface area contributed by atoms with Crippen molar-refractivity contribution in [1.82, 2.24) is 15.3 Å². The molecule has 5 heteroatoms. The molecule has 0 atom stereocenters. The van der Waals surface area contributed by atoms with Crippen LogP contribution >= 0.6 is 0 Å². The van der Waals surface area contributed by atoms with Crippen molar-refractivity contribution in [2.75, 3.05) is 0 Å². The summed E-state index contributed by atoms with van der Waals surface area (Å²) in [6, 6.07) is 3.77. The SMILES string of the molecule is N#CC1(C(=O)NCc2ccncn2)CC1. The molecule has 15 heavy (non-hydrogen) atoms. The van der Waals surface area contributed by atoms with Gasteiger partial charge < -0.3 is 5.32 Å². The van der Waals surface area contributed by atoms with Gasteiger partial charge in [-0.1, -0.05) is 0 Å². The van der Waals surface area contributed by atoms with E-state index >= 15 is 0 Å². The Balaban J connectivity index is 1.90. The van der Waals surface area contributed by atoms with Crippen molar-refractivity contribution in [3.63, 3.8) is 0 Å². The molecule has 1 aromatic rings. The van der Waals surface area contributed by atoms with Gasteiger partial charge in [0, 0.05) is 6.20 Å². The predicted octanol–water partition coefficient (Wildman–Crippen LogP) is 0.397. The topological polar surface area (TPSA) is 78.7 Å². The Labute approximate surface area is 87.2 Å². The number of nitriles is 1. The molecular formula is C10H10N4O. The van der Waals surface area contributed by atoms with Gasteiger partial charge in [0.05, 0.1) is 18.3 Å². The van der Waals surface area contributed by atoms with Crippen molar-refractivity contribution in [3.8, 4) is 6.07 Å². The number of rotatable bonds is 3. The zero-order valence-corrected chi connectivity index (χ0v) is 8.10. The molecule has 0 spiro atoms. The largest absolute Gasteiger partial charge is 0.349 e. The summed E-state index contributed by atoms with van der Waals surface area (Å²) in [4.78, 5) is 19.3. The van der Waals surface area contributed by atoms with Crippen LogP contribution in [-0.4, -0.2) is 15.9 Å². The second-order valence-corrected chi connectivity index (χ2v) is 3.58. The zero-order valence-electron chi connectivity index (χ0n) is 8.10. The lowest BCUT2D eigenvalue weighted by molar-refractivity contribution is -0.124. The summed E-state index contributed by atoms with van der Waals surface area (Å²) in [6.45, 7) is 0.352. The summed E-state index contributed by atoms with van der Waals surface area (Å²) in [5.41, 5.74) is -0.0142. The molecule has 0 radical (unpaired) electrons. The molecule has 0 bridgehead atoms. The minimum Gasteiger partial charge on any atom is -0.349 e. The van der Waals surface area contributed by atoms with E-state index in [9.17, 15) is 4.79 Å². The van der Waals surface area contributed by atoms with Gasteiger partial charge in [0.1, 0.15) is 11.7 Å². The van der Waals surface area contributed by atoms with E-state index in [-0.39, 0.29) is 5.91 Å². The molecule has 0 aromatic carbocycles. The van der Waals surface area contributed by atoms with Gasteiger partial charge in [0.25, 0.3) is 0 Å². The number of carbonyl (C=O) groups excluding carboxylic acids is 1. The molecule has 1 fully saturated rings. The highest BCUT2D eigenvalue weighted by atomic mass is 16.2. The van der Waals surface area contributed by atoms with Crippen LogP contribution in [0.5, 0.6) is 0 Å². The van der Waals surface area contributed by atoms with Gasteiger partial charge in [-0.25, -0.2) is 9.97 Å². The third-order valence-electron chi connectivity index (χ3n) is 2.47. The molecule has 76 valence electrons. The highest BCUT2D eigenvalue weighted by Crippen LogP contribution is 2.44. The fraction of sp³-hybridized carbons (Fsp3) is 0.400. The predicted molar refractivity (Wildman–Crippen MR) is 51.2 cm³/mol. The molecule has 1 saturated carbocycles. The molecule has 1 aromatic heterocycles. The summed E-state index contributed by atoms with van der Waals surface area (Å²) in [6.07, 6.45) is 4.38. The lowest BCUT2D eigenvalue weighted by atomic mass is 10.1. The Morgan fingerprint density at radius 2 is 2.47 bits per heavy atom. The normalized spacial score (nSPS) is 16.5. The van der Waals surface area contributed by atoms with Crippen LogP contribution in [0.2, 0.25) is 0 Å². The first kappa shape index (κ1) is 9.59. The fourth-order valence-electron chi connectivity index (χ4n) is 1.28. The quantitative estimate of drug-likeness (QED) is 0.769. The van der Waals surface area contributed by atoms with E-state index in [1.165, 1.54) is 6.33 Å². The second-order valence-electron chi connectivity index (χ2n) is 3.58. The maximum atomic E-state index is 11.6. The summed E-state index contributed by atoms with van der Waals surface area (Å²) in [7, 11) is 0. The van der Waals surface area contributed by atoms with Crippen LogP contribution < -0.4 is 5.32 Å². The molecule has 1 heterocycles. The fourth-order valence-corrected chi connectivity index (χ4v) is 1.28. The van der Waals surface area contributed by atoms with E-state index in [1.807, 2.05) is 6.07 Å². The number of nitrogens with one attached hydrogen (secondary N) is 1. The number of carbonyl (C=O) groups is 1. The van der Waals surface area contributed by atoms with Crippen molar-refractivity contribution < 1.29 is 4.79 Å². The summed E-state index contributed by atoms with van der Waals surface area (Å²) in [5, 5.41) is 11.5. The maximum Gasteiger partial charge on any atom is 0.240 e. The molecule has 0 aliphatic heterocycles. The molecule has 1 amide bonds. The van der Waals surface area contributed by atoms with Crippen LogP contribution in [0.4, 0.5) is 0 Å². The van der Waals surface area contributed by atoms with E-state index < -0.39 is 5.41 Å². The Morgan fingerprint density at radius 3 is 3.00 bits per heavy atom. The summed E-state index contributed by atoms with van der Waals surface area (Å²) in [5.74, 6) is -0.191. The smallest absolute Gasteiger partial charge is 0.240 e. The van der Waals surface area contributed by atoms with E-state index in [1.54, 1.807) is 12.3 Å². The average Bonchev–Trinajstić information content (AvgIpc) is 3.08. The lowest BCUT2D eigenvalue weighted by Crippen LogP contribution is -2.30. The lowest BCUT2D eigenvalue weighted by Gasteiger charge is -2.06. The van der Waals surface area contributed by atoms with Gasteiger partial charge in [-0.3, -0.25) is 4.79 Å². The molecule has 0 saturated heterocycles. The van der Waals surface area contributed by atoms with Crippen molar-refractivity contribution in [3.05, 3.63) is 24.3 Å². The van der Waals surface area contributed by atoms with Crippen LogP contribution in [-0.2, 0) is 11.3 Å². The van der Waals surface area contributed by atoms with Gasteiger partial charge in [0.2, 0.25) is 5.91 Å². The maximum absolute atomic E-state index is 11.6. The van der Waals surface area contributed by atoms with E-state index in [4.69, 9.17) is 5.26 Å². The van der Waals surface area contributed by atoms with E-state index in [0.29, 0.717) is 19.4 Å². The first-order chi connectivity index (χ1) is 7.27. The van der Waals surface area contributed by atoms with Crippen LogP contribution in [0.1, 0.15) is 18.5 Å².